The van der Waals surface area contributed by atoms with E-state index in [0.717, 1.165) is 11.3 Å². The zero-order valence-electron chi connectivity index (χ0n) is 10.7. The molecule has 0 saturated heterocycles. The number of hydrogen-bond acceptors (Lipinski definition) is 2. The largest absolute Gasteiger partial charge is 0.374 e. The molecular weight excluding hydrogens is 208 g/mol. The first kappa shape index (κ1) is 13.1. The second-order valence-electron chi connectivity index (χ2n) is 4.94. The molecule has 1 aromatic carbocycles. The summed E-state index contributed by atoms with van der Waals surface area (Å²) in [5, 5.41) is 11.8. The first-order valence-electron chi connectivity index (χ1n) is 5.71. The second-order valence-corrected chi connectivity index (χ2v) is 4.94. The first-order valence-corrected chi connectivity index (χ1v) is 5.71. The Morgan fingerprint density at radius 1 is 1.18 bits per heavy atom. The predicted octanol–water partition coefficient (Wildman–Crippen LogP) is 3.21. The van der Waals surface area contributed by atoms with Crippen LogP contribution in [0.4, 0.5) is 5.69 Å². The summed E-state index contributed by atoms with van der Waals surface area (Å²) in [7, 11) is 0. The minimum Gasteiger partial charge on any atom is -0.374 e. The Bertz CT molecular complexity index is 447. The maximum Gasteiger partial charge on any atom is 0.0766 e. The van der Waals surface area contributed by atoms with Crippen LogP contribution in [0, 0.1) is 28.6 Å². The van der Waals surface area contributed by atoms with Gasteiger partial charge >= 0.3 is 0 Å². The van der Waals surface area contributed by atoms with Crippen molar-refractivity contribution in [1.82, 2.24) is 0 Å². The van der Waals surface area contributed by atoms with E-state index in [1.165, 1.54) is 0 Å². The van der Waals surface area contributed by atoms with Gasteiger partial charge in [-0.1, -0.05) is 24.0 Å². The zero-order valence-corrected chi connectivity index (χ0v) is 10.7. The van der Waals surface area contributed by atoms with Crippen molar-refractivity contribution in [3.05, 3.63) is 29.8 Å². The lowest BCUT2D eigenvalue weighted by Gasteiger charge is -2.07. The number of hydrogen-bond donors (Lipinski definition) is 1. The van der Waals surface area contributed by atoms with Crippen LogP contribution < -0.4 is 5.32 Å². The molecule has 0 aliphatic heterocycles. The summed E-state index contributed by atoms with van der Waals surface area (Å²) in [4.78, 5) is 0. The van der Waals surface area contributed by atoms with Gasteiger partial charge in [0.2, 0.25) is 0 Å². The molecule has 0 heterocycles. The Morgan fingerprint density at radius 3 is 2.35 bits per heavy atom. The normalized spacial score (nSPS) is 10.0. The topological polar surface area (TPSA) is 35.8 Å². The standard InChI is InChI=1S/C15H18N2/c1-15(2,3)10-4-12-17-14-7-5-13(6-8-14)9-11-16/h5-8,17H,9,12H2,1-3H3. The van der Waals surface area contributed by atoms with Crippen molar-refractivity contribution in [1.29, 1.82) is 5.26 Å². The van der Waals surface area contributed by atoms with E-state index in [2.05, 4.69) is 44.0 Å². The smallest absolute Gasteiger partial charge is 0.0766 e. The highest BCUT2D eigenvalue weighted by molar-refractivity contribution is 5.46. The summed E-state index contributed by atoms with van der Waals surface area (Å²) in [5.41, 5.74) is 2.13. The van der Waals surface area contributed by atoms with Crippen LogP contribution in [0.3, 0.4) is 0 Å². The van der Waals surface area contributed by atoms with Gasteiger partial charge in [-0.3, -0.25) is 0 Å². The summed E-state index contributed by atoms with van der Waals surface area (Å²) in [5.74, 6) is 6.27. The lowest BCUT2D eigenvalue weighted by atomic mass is 9.98. The maximum absolute atomic E-state index is 8.55. The highest BCUT2D eigenvalue weighted by Crippen LogP contribution is 2.11. The van der Waals surface area contributed by atoms with E-state index < -0.39 is 0 Å². The van der Waals surface area contributed by atoms with E-state index in [-0.39, 0.29) is 5.41 Å². The van der Waals surface area contributed by atoms with Gasteiger partial charge in [0.15, 0.2) is 0 Å². The predicted molar refractivity (Wildman–Crippen MR) is 71.5 cm³/mol. The second kappa shape index (κ2) is 5.97. The van der Waals surface area contributed by atoms with Crippen molar-refractivity contribution in [2.45, 2.75) is 27.2 Å². The van der Waals surface area contributed by atoms with Crippen LogP contribution in [0.15, 0.2) is 24.3 Å². The Balaban J connectivity index is 2.47. The van der Waals surface area contributed by atoms with Gasteiger partial charge < -0.3 is 5.32 Å². The van der Waals surface area contributed by atoms with E-state index in [0.29, 0.717) is 13.0 Å². The number of anilines is 1. The van der Waals surface area contributed by atoms with Gasteiger partial charge in [0, 0.05) is 11.1 Å². The molecule has 0 saturated carbocycles. The molecule has 0 spiro atoms. The third-order valence-corrected chi connectivity index (χ3v) is 2.08. The molecule has 2 heteroatoms. The summed E-state index contributed by atoms with van der Waals surface area (Å²) >= 11 is 0. The molecule has 2 nitrogen and oxygen atoms in total. The molecular formula is C15H18N2. The van der Waals surface area contributed by atoms with Crippen LogP contribution in [0.25, 0.3) is 0 Å². The highest BCUT2D eigenvalue weighted by Gasteiger charge is 2.02. The van der Waals surface area contributed by atoms with Crippen LogP contribution in [0.1, 0.15) is 26.3 Å². The van der Waals surface area contributed by atoms with Crippen molar-refractivity contribution in [3.8, 4) is 17.9 Å². The highest BCUT2D eigenvalue weighted by atomic mass is 14.8. The summed E-state index contributed by atoms with van der Waals surface area (Å²) in [6.45, 7) is 6.93. The Labute approximate surface area is 104 Å². The Hall–Kier alpha value is -1.93. The van der Waals surface area contributed by atoms with E-state index in [1.54, 1.807) is 0 Å². The van der Waals surface area contributed by atoms with Gasteiger partial charge in [0.25, 0.3) is 0 Å². The molecule has 0 aliphatic rings. The van der Waals surface area contributed by atoms with E-state index in [1.807, 2.05) is 24.3 Å². The fourth-order valence-corrected chi connectivity index (χ4v) is 1.29. The molecule has 0 atom stereocenters. The average Bonchev–Trinajstić information content (AvgIpc) is 2.26. The van der Waals surface area contributed by atoms with Gasteiger partial charge in [-0.25, -0.2) is 0 Å². The van der Waals surface area contributed by atoms with E-state index >= 15 is 0 Å². The quantitative estimate of drug-likeness (QED) is 0.803. The van der Waals surface area contributed by atoms with Gasteiger partial charge in [0.1, 0.15) is 0 Å². The monoisotopic (exact) mass is 226 g/mol. The molecule has 17 heavy (non-hydrogen) atoms. The van der Waals surface area contributed by atoms with Crippen molar-refractivity contribution in [2.75, 3.05) is 11.9 Å². The third-order valence-electron chi connectivity index (χ3n) is 2.08. The molecule has 0 amide bonds. The fourth-order valence-electron chi connectivity index (χ4n) is 1.29. The summed E-state index contributed by atoms with van der Waals surface area (Å²) in [6.07, 6.45) is 0.462. The molecule has 0 radical (unpaired) electrons. The molecule has 1 rings (SSSR count). The molecule has 1 N–H and O–H groups in total. The number of benzene rings is 1. The van der Waals surface area contributed by atoms with Crippen molar-refractivity contribution in [2.24, 2.45) is 5.41 Å². The Kier molecular flexibility index (Phi) is 4.61. The van der Waals surface area contributed by atoms with Crippen LogP contribution in [0.2, 0.25) is 0 Å². The van der Waals surface area contributed by atoms with Crippen molar-refractivity contribution >= 4 is 5.69 Å². The van der Waals surface area contributed by atoms with Crippen molar-refractivity contribution < 1.29 is 0 Å². The van der Waals surface area contributed by atoms with E-state index in [4.69, 9.17) is 5.26 Å². The lowest BCUT2D eigenvalue weighted by Crippen LogP contribution is -2.03. The van der Waals surface area contributed by atoms with Crippen LogP contribution in [-0.4, -0.2) is 6.54 Å². The van der Waals surface area contributed by atoms with Crippen molar-refractivity contribution in [3.63, 3.8) is 0 Å². The molecule has 0 aliphatic carbocycles. The molecule has 0 bridgehead atoms. The molecule has 1 aromatic rings. The van der Waals surface area contributed by atoms with E-state index in [9.17, 15) is 0 Å². The Morgan fingerprint density at radius 2 is 1.82 bits per heavy atom. The molecule has 0 unspecified atom stereocenters. The van der Waals surface area contributed by atoms with Gasteiger partial charge in [0.05, 0.1) is 19.0 Å². The van der Waals surface area contributed by atoms with Crippen LogP contribution in [0.5, 0.6) is 0 Å². The van der Waals surface area contributed by atoms with Gasteiger partial charge in [-0.05, 0) is 38.5 Å². The van der Waals surface area contributed by atoms with Crippen LogP contribution >= 0.6 is 0 Å². The SMILES string of the molecule is CC(C)(C)C#CCNc1ccc(CC#N)cc1. The summed E-state index contributed by atoms with van der Waals surface area (Å²) in [6, 6.07) is 10.0. The zero-order chi connectivity index (χ0) is 12.7. The first-order chi connectivity index (χ1) is 8.01. The number of rotatable bonds is 3. The molecule has 0 fully saturated rings. The average molecular weight is 226 g/mol. The number of nitriles is 1. The third kappa shape index (κ3) is 5.64. The molecule has 88 valence electrons. The number of nitrogens with one attached hydrogen (secondary N) is 1. The van der Waals surface area contributed by atoms with Gasteiger partial charge in [-0.2, -0.15) is 5.26 Å². The minimum atomic E-state index is 0.0539. The van der Waals surface area contributed by atoms with Gasteiger partial charge in [-0.15, -0.1) is 0 Å². The summed E-state index contributed by atoms with van der Waals surface area (Å²) < 4.78 is 0. The molecule has 0 aromatic heterocycles. The van der Waals surface area contributed by atoms with Crippen LogP contribution in [-0.2, 0) is 6.42 Å². The number of nitrogens with zero attached hydrogens (tertiary/aromatic N) is 1. The lowest BCUT2D eigenvalue weighted by molar-refractivity contribution is 0.570. The maximum atomic E-state index is 8.55. The fraction of sp³-hybridized carbons (Fsp3) is 0.400. The minimum absolute atomic E-state index is 0.0539.